The first-order chi connectivity index (χ1) is 5.72. The summed E-state index contributed by atoms with van der Waals surface area (Å²) in [5, 5.41) is 10.2. The zero-order valence-corrected chi connectivity index (χ0v) is 8.78. The molecule has 5 nitrogen and oxygen atoms in total. The lowest BCUT2D eigenvalue weighted by molar-refractivity contribution is -0.121. The molecule has 0 radical (unpaired) electrons. The molecule has 12 heavy (non-hydrogen) atoms. The van der Waals surface area contributed by atoms with E-state index in [0.29, 0.717) is 4.55 Å². The monoisotopic (exact) mass is 280 g/mol. The van der Waals surface area contributed by atoms with Crippen LogP contribution in [0.25, 0.3) is 0 Å². The van der Waals surface area contributed by atoms with E-state index in [0.717, 1.165) is 5.69 Å². The number of aryl methyl sites for hydroxylation is 1. The first-order valence-electron chi connectivity index (χ1n) is 3.42. The summed E-state index contributed by atoms with van der Waals surface area (Å²) in [6, 6.07) is 0. The van der Waals surface area contributed by atoms with E-state index in [9.17, 15) is 4.79 Å². The van der Waals surface area contributed by atoms with Crippen molar-refractivity contribution in [3.8, 4) is 0 Å². The van der Waals surface area contributed by atoms with E-state index in [1.807, 2.05) is 6.92 Å². The van der Waals surface area contributed by atoms with Gasteiger partial charge in [-0.1, -0.05) is 27.8 Å². The van der Waals surface area contributed by atoms with E-state index in [-0.39, 0.29) is 12.5 Å². The van der Waals surface area contributed by atoms with Gasteiger partial charge in [-0.15, -0.1) is 5.10 Å². The molecule has 1 heterocycles. The van der Waals surface area contributed by atoms with Gasteiger partial charge in [-0.2, -0.15) is 0 Å². The van der Waals surface area contributed by atoms with E-state index in [1.54, 1.807) is 6.20 Å². The number of carbonyl (C=O) groups excluding carboxylic acids is 1. The molecule has 1 amide bonds. The van der Waals surface area contributed by atoms with Crippen LogP contribution in [0.3, 0.4) is 0 Å². The Hall–Kier alpha value is -0.660. The Morgan fingerprint density at radius 2 is 2.58 bits per heavy atom. The lowest BCUT2D eigenvalue weighted by atomic mass is 10.5. The number of nitrogens with one attached hydrogen (secondary N) is 1. The van der Waals surface area contributed by atoms with E-state index in [4.69, 9.17) is 0 Å². The van der Waals surface area contributed by atoms with Gasteiger partial charge in [0.1, 0.15) is 6.54 Å². The van der Waals surface area contributed by atoms with Crippen LogP contribution < -0.4 is 5.32 Å². The molecule has 0 aliphatic heterocycles. The minimum absolute atomic E-state index is 0.0469. The van der Waals surface area contributed by atoms with E-state index in [1.165, 1.54) is 4.68 Å². The summed E-state index contributed by atoms with van der Waals surface area (Å²) >= 11 is 2.07. The highest BCUT2D eigenvalue weighted by molar-refractivity contribution is 14.1. The number of nitrogens with zero attached hydrogens (tertiary/aromatic N) is 3. The number of alkyl halides is 1. The topological polar surface area (TPSA) is 59.8 Å². The van der Waals surface area contributed by atoms with Gasteiger partial charge in [0.2, 0.25) is 5.91 Å². The van der Waals surface area contributed by atoms with Crippen molar-refractivity contribution in [1.82, 2.24) is 20.3 Å². The van der Waals surface area contributed by atoms with Gasteiger partial charge >= 0.3 is 0 Å². The SMILES string of the molecule is Cc1cn(CC(=O)NCI)nn1. The number of amides is 1. The Morgan fingerprint density at radius 1 is 1.83 bits per heavy atom. The first kappa shape index (κ1) is 9.43. The van der Waals surface area contributed by atoms with Gasteiger partial charge in [0.05, 0.1) is 10.2 Å². The van der Waals surface area contributed by atoms with E-state index < -0.39 is 0 Å². The molecule has 1 aromatic rings. The normalized spacial score (nSPS) is 9.83. The van der Waals surface area contributed by atoms with Crippen molar-refractivity contribution in [1.29, 1.82) is 0 Å². The third-order valence-corrected chi connectivity index (χ3v) is 1.60. The second-order valence-corrected chi connectivity index (χ2v) is 3.05. The standard InChI is InChI=1S/C6H9IN4O/c1-5-2-11(10-9-5)3-6(12)8-4-7/h2H,3-4H2,1H3,(H,8,12). The van der Waals surface area contributed by atoms with Gasteiger partial charge in [-0.3, -0.25) is 4.79 Å². The summed E-state index contributed by atoms with van der Waals surface area (Å²) in [5.74, 6) is -0.0469. The van der Waals surface area contributed by atoms with Gasteiger partial charge in [-0.05, 0) is 6.92 Å². The maximum Gasteiger partial charge on any atom is 0.242 e. The van der Waals surface area contributed by atoms with Crippen LogP contribution in [-0.2, 0) is 11.3 Å². The molecule has 0 saturated heterocycles. The molecule has 1 N–H and O–H groups in total. The van der Waals surface area contributed by atoms with Crippen LogP contribution in [-0.4, -0.2) is 25.5 Å². The molecule has 6 heteroatoms. The summed E-state index contributed by atoms with van der Waals surface area (Å²) in [4.78, 5) is 11.0. The van der Waals surface area contributed by atoms with E-state index in [2.05, 4.69) is 38.2 Å². The van der Waals surface area contributed by atoms with Gasteiger partial charge in [0, 0.05) is 6.20 Å². The van der Waals surface area contributed by atoms with E-state index >= 15 is 0 Å². The fraction of sp³-hybridized carbons (Fsp3) is 0.500. The molecule has 0 aliphatic rings. The number of halogens is 1. The Labute approximate surface area is 83.7 Å². The van der Waals surface area contributed by atoms with Crippen molar-refractivity contribution in [2.45, 2.75) is 13.5 Å². The van der Waals surface area contributed by atoms with Crippen molar-refractivity contribution < 1.29 is 4.79 Å². The van der Waals surface area contributed by atoms with Crippen LogP contribution in [0.5, 0.6) is 0 Å². The van der Waals surface area contributed by atoms with Gasteiger partial charge in [0.25, 0.3) is 0 Å². The molecule has 1 aromatic heterocycles. The van der Waals surface area contributed by atoms with Crippen LogP contribution in [0.4, 0.5) is 0 Å². The molecule has 0 atom stereocenters. The van der Waals surface area contributed by atoms with Crippen molar-refractivity contribution in [3.63, 3.8) is 0 Å². The number of aromatic nitrogens is 3. The molecule has 0 aliphatic carbocycles. The molecule has 66 valence electrons. The van der Waals surface area contributed by atoms with Crippen LogP contribution >= 0.6 is 22.6 Å². The summed E-state index contributed by atoms with van der Waals surface area (Å²) < 4.78 is 2.13. The number of hydrogen-bond acceptors (Lipinski definition) is 3. The van der Waals surface area contributed by atoms with Gasteiger partial charge in [0.15, 0.2) is 0 Å². The largest absolute Gasteiger partial charge is 0.346 e. The smallest absolute Gasteiger partial charge is 0.242 e. The zero-order chi connectivity index (χ0) is 8.97. The Kier molecular flexibility index (Phi) is 3.45. The summed E-state index contributed by atoms with van der Waals surface area (Å²) in [7, 11) is 0. The minimum atomic E-state index is -0.0469. The predicted octanol–water partition coefficient (Wildman–Crippen LogP) is 0.0952. The highest BCUT2D eigenvalue weighted by atomic mass is 127. The van der Waals surface area contributed by atoms with Crippen molar-refractivity contribution in [2.24, 2.45) is 0 Å². The fourth-order valence-corrected chi connectivity index (χ4v) is 1.18. The Morgan fingerprint density at radius 3 is 3.08 bits per heavy atom. The number of hydrogen-bond donors (Lipinski definition) is 1. The van der Waals surface area contributed by atoms with Crippen LogP contribution in [0.2, 0.25) is 0 Å². The van der Waals surface area contributed by atoms with Crippen LogP contribution in [0, 0.1) is 6.92 Å². The summed E-state index contributed by atoms with van der Waals surface area (Å²) in [5.41, 5.74) is 0.817. The molecule has 0 bridgehead atoms. The minimum Gasteiger partial charge on any atom is -0.346 e. The van der Waals surface area contributed by atoms with Gasteiger partial charge < -0.3 is 5.32 Å². The highest BCUT2D eigenvalue weighted by Gasteiger charge is 2.01. The fourth-order valence-electron chi connectivity index (χ4n) is 0.750. The number of rotatable bonds is 3. The maximum atomic E-state index is 11.0. The third-order valence-electron chi connectivity index (χ3n) is 1.22. The average Bonchev–Trinajstić information content (AvgIpc) is 2.36. The van der Waals surface area contributed by atoms with Crippen molar-refractivity contribution in [3.05, 3.63) is 11.9 Å². The lowest BCUT2D eigenvalue weighted by Crippen LogP contribution is -2.26. The number of carbonyl (C=O) groups is 1. The molecule has 0 unspecified atom stereocenters. The molecular formula is C6H9IN4O. The highest BCUT2D eigenvalue weighted by Crippen LogP contribution is 1.88. The Bertz CT molecular complexity index is 272. The molecule has 0 fully saturated rings. The second kappa shape index (κ2) is 4.39. The Balaban J connectivity index is 2.46. The zero-order valence-electron chi connectivity index (χ0n) is 6.62. The second-order valence-electron chi connectivity index (χ2n) is 2.29. The lowest BCUT2D eigenvalue weighted by Gasteiger charge is -1.99. The summed E-state index contributed by atoms with van der Waals surface area (Å²) in [6.45, 7) is 2.07. The third kappa shape index (κ3) is 2.76. The molecule has 0 spiro atoms. The quantitative estimate of drug-likeness (QED) is 0.485. The van der Waals surface area contributed by atoms with Gasteiger partial charge in [-0.25, -0.2) is 4.68 Å². The van der Waals surface area contributed by atoms with Crippen LogP contribution in [0.15, 0.2) is 6.20 Å². The van der Waals surface area contributed by atoms with Crippen molar-refractivity contribution in [2.75, 3.05) is 4.55 Å². The molecule has 0 aromatic carbocycles. The maximum absolute atomic E-state index is 11.0. The average molecular weight is 280 g/mol. The molecular weight excluding hydrogens is 271 g/mol. The van der Waals surface area contributed by atoms with Crippen molar-refractivity contribution >= 4 is 28.5 Å². The van der Waals surface area contributed by atoms with Crippen LogP contribution in [0.1, 0.15) is 5.69 Å². The first-order valence-corrected chi connectivity index (χ1v) is 4.94. The predicted molar refractivity (Wildman–Crippen MR) is 51.8 cm³/mol. The summed E-state index contributed by atoms with van der Waals surface area (Å²) in [6.07, 6.45) is 1.73. The molecule has 1 rings (SSSR count). The molecule has 0 saturated carbocycles.